The molecule has 4 heteroatoms. The van der Waals surface area contributed by atoms with Gasteiger partial charge in [-0.15, -0.1) is 0 Å². The Morgan fingerprint density at radius 3 is 2.80 bits per heavy atom. The number of aryl methyl sites for hydroxylation is 1. The Morgan fingerprint density at radius 1 is 1.20 bits per heavy atom. The Labute approximate surface area is 149 Å². The summed E-state index contributed by atoms with van der Waals surface area (Å²) < 4.78 is 5.43. The first-order valence-electron chi connectivity index (χ1n) is 8.86. The van der Waals surface area contributed by atoms with E-state index in [1.807, 2.05) is 29.2 Å². The van der Waals surface area contributed by atoms with Crippen LogP contribution < -0.4 is 9.64 Å². The highest BCUT2D eigenvalue weighted by atomic mass is 16.5. The monoisotopic (exact) mass is 336 g/mol. The molecule has 2 heterocycles. The van der Waals surface area contributed by atoms with Gasteiger partial charge >= 0.3 is 0 Å². The van der Waals surface area contributed by atoms with Crippen molar-refractivity contribution in [3.63, 3.8) is 0 Å². The zero-order chi connectivity index (χ0) is 17.6. The summed E-state index contributed by atoms with van der Waals surface area (Å²) in [6.07, 6.45) is 0.996. The molecular weight excluding hydrogens is 312 g/mol. The summed E-state index contributed by atoms with van der Waals surface area (Å²) in [6, 6.07) is 14.2. The Balaban J connectivity index is 1.80. The molecule has 2 atom stereocenters. The van der Waals surface area contributed by atoms with Crippen LogP contribution in [-0.2, 0) is 0 Å². The molecule has 4 nitrogen and oxygen atoms in total. The number of likely N-dealkylation sites (tertiary alicyclic amines) is 1. The van der Waals surface area contributed by atoms with Crippen LogP contribution in [0, 0.1) is 6.92 Å². The smallest absolute Gasteiger partial charge is 0.262 e. The van der Waals surface area contributed by atoms with Crippen molar-refractivity contribution >= 4 is 11.6 Å². The normalized spacial score (nSPS) is 22.4. The van der Waals surface area contributed by atoms with E-state index in [1.165, 1.54) is 11.1 Å². The SMILES string of the molecule is COc1ccccc1C(=O)N1c2ccc(C)cc2[C@H]2CN(C)CC[C@@H]21. The van der Waals surface area contributed by atoms with Gasteiger partial charge in [-0.2, -0.15) is 0 Å². The number of para-hydroxylation sites is 1. The van der Waals surface area contributed by atoms with Crippen LogP contribution in [0.3, 0.4) is 0 Å². The van der Waals surface area contributed by atoms with E-state index >= 15 is 0 Å². The standard InChI is InChI=1S/C21H24N2O2/c1-14-8-9-18-16(12-14)17-13-22(2)11-10-19(17)23(18)21(24)15-6-4-5-7-20(15)25-3/h4-9,12,17,19H,10-11,13H2,1-3H3/t17-,19+/m1/s1. The number of benzene rings is 2. The van der Waals surface area contributed by atoms with E-state index in [0.29, 0.717) is 17.2 Å². The maximum absolute atomic E-state index is 13.4. The van der Waals surface area contributed by atoms with Crippen LogP contribution in [-0.4, -0.2) is 44.1 Å². The number of likely N-dealkylation sites (N-methyl/N-ethyl adjacent to an activating group) is 1. The Bertz CT molecular complexity index is 817. The average molecular weight is 336 g/mol. The van der Waals surface area contributed by atoms with Gasteiger partial charge in [0.2, 0.25) is 0 Å². The van der Waals surface area contributed by atoms with E-state index in [4.69, 9.17) is 4.74 Å². The van der Waals surface area contributed by atoms with Gasteiger partial charge in [0.25, 0.3) is 5.91 Å². The van der Waals surface area contributed by atoms with Gasteiger partial charge in [0.05, 0.1) is 12.7 Å². The average Bonchev–Trinajstić information content (AvgIpc) is 2.94. The number of nitrogens with zero attached hydrogens (tertiary/aromatic N) is 2. The zero-order valence-corrected chi connectivity index (χ0v) is 15.0. The summed E-state index contributed by atoms with van der Waals surface area (Å²) in [4.78, 5) is 17.8. The first kappa shape index (κ1) is 16.2. The summed E-state index contributed by atoms with van der Waals surface area (Å²) in [5, 5.41) is 0. The van der Waals surface area contributed by atoms with Crippen molar-refractivity contribution < 1.29 is 9.53 Å². The minimum absolute atomic E-state index is 0.0413. The van der Waals surface area contributed by atoms with E-state index in [-0.39, 0.29) is 11.9 Å². The number of piperidine rings is 1. The fourth-order valence-corrected chi connectivity index (χ4v) is 4.30. The van der Waals surface area contributed by atoms with E-state index < -0.39 is 0 Å². The summed E-state index contributed by atoms with van der Waals surface area (Å²) in [5.74, 6) is 1.06. The summed E-state index contributed by atoms with van der Waals surface area (Å²) in [6.45, 7) is 4.13. The van der Waals surface area contributed by atoms with Crippen LogP contribution in [0.5, 0.6) is 5.75 Å². The van der Waals surface area contributed by atoms with Crippen LogP contribution in [0.15, 0.2) is 42.5 Å². The predicted molar refractivity (Wildman–Crippen MR) is 99.6 cm³/mol. The highest BCUT2D eigenvalue weighted by molar-refractivity contribution is 6.09. The van der Waals surface area contributed by atoms with Gasteiger partial charge in [0, 0.05) is 24.2 Å². The molecule has 0 aromatic heterocycles. The first-order valence-corrected chi connectivity index (χ1v) is 8.86. The number of ether oxygens (including phenoxy) is 1. The van der Waals surface area contributed by atoms with Crippen molar-refractivity contribution in [2.75, 3.05) is 32.1 Å². The van der Waals surface area contributed by atoms with Crippen molar-refractivity contribution in [3.05, 3.63) is 59.2 Å². The fourth-order valence-electron chi connectivity index (χ4n) is 4.30. The lowest BCUT2D eigenvalue weighted by Gasteiger charge is -2.36. The Morgan fingerprint density at radius 2 is 2.00 bits per heavy atom. The lowest BCUT2D eigenvalue weighted by molar-refractivity contribution is 0.0961. The molecule has 1 saturated heterocycles. The van der Waals surface area contributed by atoms with Crippen LogP contribution in [0.4, 0.5) is 5.69 Å². The van der Waals surface area contributed by atoms with Crippen molar-refractivity contribution in [1.29, 1.82) is 0 Å². The number of carbonyl (C=O) groups excluding carboxylic acids is 1. The van der Waals surface area contributed by atoms with Crippen LogP contribution in [0.1, 0.15) is 33.8 Å². The second-order valence-electron chi connectivity index (χ2n) is 7.16. The Hall–Kier alpha value is -2.33. The van der Waals surface area contributed by atoms with Gasteiger partial charge in [0.15, 0.2) is 0 Å². The van der Waals surface area contributed by atoms with Gasteiger partial charge in [0.1, 0.15) is 5.75 Å². The molecule has 4 rings (SSSR count). The number of hydrogen-bond donors (Lipinski definition) is 0. The molecule has 1 amide bonds. The number of hydrogen-bond acceptors (Lipinski definition) is 3. The van der Waals surface area contributed by atoms with Gasteiger partial charge < -0.3 is 14.5 Å². The second kappa shape index (κ2) is 6.19. The van der Waals surface area contributed by atoms with Gasteiger partial charge in [-0.1, -0.05) is 29.8 Å². The molecule has 1 fully saturated rings. The number of methoxy groups -OCH3 is 1. The quantitative estimate of drug-likeness (QED) is 0.842. The maximum atomic E-state index is 13.4. The third-order valence-corrected chi connectivity index (χ3v) is 5.51. The molecule has 0 saturated carbocycles. The van der Waals surface area contributed by atoms with Crippen molar-refractivity contribution in [1.82, 2.24) is 4.90 Å². The van der Waals surface area contributed by atoms with Gasteiger partial charge in [-0.3, -0.25) is 4.79 Å². The number of fused-ring (bicyclic) bond motifs is 3. The van der Waals surface area contributed by atoms with Gasteiger partial charge in [-0.05, 0) is 50.7 Å². The van der Waals surface area contributed by atoms with E-state index in [1.54, 1.807) is 7.11 Å². The molecule has 0 spiro atoms. The molecule has 0 bridgehead atoms. The third-order valence-electron chi connectivity index (χ3n) is 5.51. The van der Waals surface area contributed by atoms with Gasteiger partial charge in [-0.25, -0.2) is 0 Å². The highest BCUT2D eigenvalue weighted by Crippen LogP contribution is 2.45. The van der Waals surface area contributed by atoms with Crippen LogP contribution in [0.2, 0.25) is 0 Å². The molecule has 2 aromatic carbocycles. The minimum atomic E-state index is 0.0413. The molecule has 0 radical (unpaired) electrons. The molecule has 0 unspecified atom stereocenters. The number of amides is 1. The molecule has 2 aromatic rings. The lowest BCUT2D eigenvalue weighted by Crippen LogP contribution is -2.47. The summed E-state index contributed by atoms with van der Waals surface area (Å²) >= 11 is 0. The first-order chi connectivity index (χ1) is 12.1. The molecule has 2 aliphatic rings. The van der Waals surface area contributed by atoms with Crippen LogP contribution in [0.25, 0.3) is 0 Å². The molecule has 2 aliphatic heterocycles. The molecular formula is C21H24N2O2. The number of anilines is 1. The predicted octanol–water partition coefficient (Wildman–Crippen LogP) is 3.45. The largest absolute Gasteiger partial charge is 0.496 e. The lowest BCUT2D eigenvalue weighted by atomic mass is 9.88. The number of rotatable bonds is 2. The van der Waals surface area contributed by atoms with Crippen molar-refractivity contribution in [3.8, 4) is 5.75 Å². The Kier molecular flexibility index (Phi) is 4.00. The van der Waals surface area contributed by atoms with Crippen molar-refractivity contribution in [2.45, 2.75) is 25.3 Å². The summed E-state index contributed by atoms with van der Waals surface area (Å²) in [5.41, 5.74) is 4.25. The number of carbonyl (C=O) groups is 1. The van der Waals surface area contributed by atoms with Crippen LogP contribution >= 0.6 is 0 Å². The molecule has 0 aliphatic carbocycles. The molecule has 25 heavy (non-hydrogen) atoms. The zero-order valence-electron chi connectivity index (χ0n) is 15.0. The summed E-state index contributed by atoms with van der Waals surface area (Å²) in [7, 11) is 3.78. The molecule has 0 N–H and O–H groups in total. The topological polar surface area (TPSA) is 32.8 Å². The van der Waals surface area contributed by atoms with E-state index in [2.05, 4.69) is 37.1 Å². The highest BCUT2D eigenvalue weighted by Gasteiger charge is 2.44. The fraction of sp³-hybridized carbons (Fsp3) is 0.381. The maximum Gasteiger partial charge on any atom is 0.262 e. The minimum Gasteiger partial charge on any atom is -0.496 e. The second-order valence-corrected chi connectivity index (χ2v) is 7.16. The third kappa shape index (κ3) is 2.61. The van der Waals surface area contributed by atoms with E-state index in [9.17, 15) is 4.79 Å². The van der Waals surface area contributed by atoms with Crippen molar-refractivity contribution in [2.24, 2.45) is 0 Å². The van der Waals surface area contributed by atoms with E-state index in [0.717, 1.165) is 25.2 Å². The molecule has 130 valence electrons.